The minimum absolute atomic E-state index is 0.175. The maximum Gasteiger partial charge on any atom is 0.264 e. The molecule has 0 N–H and O–H groups in total. The Hall–Kier alpha value is -2.34. The molecule has 5 nitrogen and oxygen atoms in total. The zero-order valence-electron chi connectivity index (χ0n) is 16.8. The van der Waals surface area contributed by atoms with Crippen LogP contribution in [0.5, 0.6) is 0 Å². The Balaban J connectivity index is 1.98. The molecule has 1 saturated carbocycles. The molecule has 3 rings (SSSR count). The number of amides is 1. The molecule has 28 heavy (non-hydrogen) atoms. The number of rotatable bonds is 6. The lowest BCUT2D eigenvalue weighted by atomic mass is 10.1. The highest BCUT2D eigenvalue weighted by Crippen LogP contribution is 2.28. The number of carbonyl (C=O) groups excluding carboxylic acids is 1. The Bertz CT molecular complexity index is 936. The van der Waals surface area contributed by atoms with Crippen LogP contribution in [0, 0.1) is 13.8 Å². The van der Waals surface area contributed by atoms with E-state index >= 15 is 0 Å². The summed E-state index contributed by atoms with van der Waals surface area (Å²) >= 11 is 0. The monoisotopic (exact) mass is 400 g/mol. The number of hydrogen-bond donors (Lipinski definition) is 0. The van der Waals surface area contributed by atoms with Gasteiger partial charge in [0, 0.05) is 13.1 Å². The van der Waals surface area contributed by atoms with E-state index < -0.39 is 10.0 Å². The van der Waals surface area contributed by atoms with Crippen molar-refractivity contribution in [1.82, 2.24) is 4.90 Å². The van der Waals surface area contributed by atoms with Gasteiger partial charge in [-0.2, -0.15) is 0 Å². The summed E-state index contributed by atoms with van der Waals surface area (Å²) in [4.78, 5) is 14.9. The van der Waals surface area contributed by atoms with E-state index in [1.54, 1.807) is 48.3 Å². The predicted molar refractivity (Wildman–Crippen MR) is 112 cm³/mol. The van der Waals surface area contributed by atoms with Gasteiger partial charge in [0.1, 0.15) is 6.54 Å². The molecule has 1 amide bonds. The van der Waals surface area contributed by atoms with Crippen LogP contribution in [-0.4, -0.2) is 38.9 Å². The van der Waals surface area contributed by atoms with Gasteiger partial charge in [0.2, 0.25) is 5.91 Å². The van der Waals surface area contributed by atoms with Crippen molar-refractivity contribution >= 4 is 21.6 Å². The van der Waals surface area contributed by atoms with Gasteiger partial charge in [-0.3, -0.25) is 9.10 Å². The van der Waals surface area contributed by atoms with Gasteiger partial charge < -0.3 is 4.90 Å². The number of sulfonamides is 1. The van der Waals surface area contributed by atoms with Crippen molar-refractivity contribution in [3.05, 3.63) is 59.7 Å². The Morgan fingerprint density at radius 1 is 1.04 bits per heavy atom. The van der Waals surface area contributed by atoms with Gasteiger partial charge in [-0.05, 0) is 50.5 Å². The van der Waals surface area contributed by atoms with Gasteiger partial charge in [0.25, 0.3) is 10.0 Å². The Kier molecular flexibility index (Phi) is 6.08. The molecule has 0 saturated heterocycles. The molecule has 0 bridgehead atoms. The number of anilines is 1. The molecule has 0 unspecified atom stereocenters. The van der Waals surface area contributed by atoms with Crippen molar-refractivity contribution in [1.29, 1.82) is 0 Å². The second-order valence-corrected chi connectivity index (χ2v) is 9.42. The normalized spacial score (nSPS) is 14.8. The summed E-state index contributed by atoms with van der Waals surface area (Å²) in [5.74, 6) is -0.175. The fraction of sp³-hybridized carbons (Fsp3) is 0.409. The van der Waals surface area contributed by atoms with Gasteiger partial charge in [-0.1, -0.05) is 48.7 Å². The van der Waals surface area contributed by atoms with E-state index in [-0.39, 0.29) is 23.4 Å². The van der Waals surface area contributed by atoms with Crippen molar-refractivity contribution in [2.45, 2.75) is 50.5 Å². The minimum atomic E-state index is -3.86. The van der Waals surface area contributed by atoms with Crippen LogP contribution in [0.25, 0.3) is 0 Å². The van der Waals surface area contributed by atoms with Crippen LogP contribution in [0.4, 0.5) is 5.69 Å². The lowest BCUT2D eigenvalue weighted by molar-refractivity contribution is -0.130. The third-order valence-corrected chi connectivity index (χ3v) is 7.27. The fourth-order valence-electron chi connectivity index (χ4n) is 3.83. The van der Waals surface area contributed by atoms with Crippen LogP contribution in [0.2, 0.25) is 0 Å². The van der Waals surface area contributed by atoms with E-state index in [1.165, 1.54) is 4.31 Å². The quantitative estimate of drug-likeness (QED) is 0.739. The van der Waals surface area contributed by atoms with E-state index in [0.717, 1.165) is 36.8 Å². The molecular weight excluding hydrogens is 372 g/mol. The van der Waals surface area contributed by atoms with Gasteiger partial charge in [-0.15, -0.1) is 0 Å². The Morgan fingerprint density at radius 3 is 2.29 bits per heavy atom. The minimum Gasteiger partial charge on any atom is -0.341 e. The van der Waals surface area contributed by atoms with Crippen molar-refractivity contribution in [3.8, 4) is 0 Å². The molecule has 2 aromatic carbocycles. The molecule has 1 aliphatic carbocycles. The Labute approximate surface area is 168 Å². The highest BCUT2D eigenvalue weighted by Gasteiger charge is 2.31. The van der Waals surface area contributed by atoms with Crippen LogP contribution in [0.1, 0.15) is 36.8 Å². The molecule has 0 aromatic heterocycles. The van der Waals surface area contributed by atoms with Crippen molar-refractivity contribution in [2.24, 2.45) is 0 Å². The lowest BCUT2D eigenvalue weighted by Gasteiger charge is -2.30. The average molecular weight is 401 g/mol. The summed E-state index contributed by atoms with van der Waals surface area (Å²) in [6.07, 6.45) is 4.20. The molecule has 0 spiro atoms. The second-order valence-electron chi connectivity index (χ2n) is 7.56. The summed E-state index contributed by atoms with van der Waals surface area (Å²) < 4.78 is 28.1. The van der Waals surface area contributed by atoms with Gasteiger partial charge in [0.05, 0.1) is 10.6 Å². The first kappa shape index (κ1) is 20.4. The zero-order chi connectivity index (χ0) is 20.3. The molecular formula is C22H28N2O3S. The van der Waals surface area contributed by atoms with Crippen LogP contribution in [0.15, 0.2) is 53.4 Å². The molecule has 0 aliphatic heterocycles. The summed E-state index contributed by atoms with van der Waals surface area (Å²) in [6, 6.07) is 14.1. The molecule has 1 aliphatic rings. The lowest BCUT2D eigenvalue weighted by Crippen LogP contribution is -2.44. The Morgan fingerprint density at radius 2 is 1.68 bits per heavy atom. The van der Waals surface area contributed by atoms with Gasteiger partial charge in [-0.25, -0.2) is 8.42 Å². The molecule has 0 heterocycles. The summed E-state index contributed by atoms with van der Waals surface area (Å²) in [5, 5.41) is 0. The maximum atomic E-state index is 13.4. The third-order valence-electron chi connectivity index (χ3n) is 5.50. The summed E-state index contributed by atoms with van der Waals surface area (Å²) in [6.45, 7) is 3.64. The molecule has 150 valence electrons. The average Bonchev–Trinajstić information content (AvgIpc) is 3.21. The van der Waals surface area contributed by atoms with E-state index in [9.17, 15) is 13.2 Å². The topological polar surface area (TPSA) is 57.7 Å². The second kappa shape index (κ2) is 8.35. The van der Waals surface area contributed by atoms with Crippen LogP contribution < -0.4 is 4.31 Å². The van der Waals surface area contributed by atoms with Crippen molar-refractivity contribution in [3.63, 3.8) is 0 Å². The number of hydrogen-bond acceptors (Lipinski definition) is 3. The molecule has 0 radical (unpaired) electrons. The van der Waals surface area contributed by atoms with Crippen LogP contribution in [0.3, 0.4) is 0 Å². The van der Waals surface area contributed by atoms with E-state index in [2.05, 4.69) is 0 Å². The number of nitrogens with zero attached hydrogens (tertiary/aromatic N) is 2. The van der Waals surface area contributed by atoms with Gasteiger partial charge >= 0.3 is 0 Å². The smallest absolute Gasteiger partial charge is 0.264 e. The molecule has 6 heteroatoms. The third kappa shape index (κ3) is 4.22. The van der Waals surface area contributed by atoms with E-state index in [1.807, 2.05) is 26.0 Å². The highest BCUT2D eigenvalue weighted by molar-refractivity contribution is 7.92. The standard InChI is InChI=1S/C22H28N2O3S/c1-17-13-14-21(18(2)15-17)24(28(26,27)20-11-5-4-6-12-20)16-22(25)23(3)19-9-7-8-10-19/h4-6,11-15,19H,7-10,16H2,1-3H3. The SMILES string of the molecule is Cc1ccc(N(CC(=O)N(C)C2CCCC2)S(=O)(=O)c2ccccc2)c(C)c1. The van der Waals surface area contributed by atoms with Gasteiger partial charge in [0.15, 0.2) is 0 Å². The fourth-order valence-corrected chi connectivity index (χ4v) is 5.33. The maximum absolute atomic E-state index is 13.4. The number of likely N-dealkylation sites (N-methyl/N-ethyl adjacent to an activating group) is 1. The first-order valence-corrected chi connectivity index (χ1v) is 11.2. The number of carbonyl (C=O) groups is 1. The summed E-state index contributed by atoms with van der Waals surface area (Å²) in [7, 11) is -2.07. The first-order valence-electron chi connectivity index (χ1n) is 9.71. The number of aryl methyl sites for hydroxylation is 2. The van der Waals surface area contributed by atoms with Crippen LogP contribution in [-0.2, 0) is 14.8 Å². The highest BCUT2D eigenvalue weighted by atomic mass is 32.2. The van der Waals surface area contributed by atoms with E-state index in [0.29, 0.717) is 5.69 Å². The molecule has 2 aromatic rings. The zero-order valence-corrected chi connectivity index (χ0v) is 17.6. The van der Waals surface area contributed by atoms with E-state index in [4.69, 9.17) is 0 Å². The first-order chi connectivity index (χ1) is 13.3. The summed E-state index contributed by atoms with van der Waals surface area (Å²) in [5.41, 5.74) is 2.42. The molecule has 1 fully saturated rings. The van der Waals surface area contributed by atoms with Crippen molar-refractivity contribution in [2.75, 3.05) is 17.9 Å². The van der Waals surface area contributed by atoms with Crippen molar-refractivity contribution < 1.29 is 13.2 Å². The molecule has 0 atom stereocenters. The van der Waals surface area contributed by atoms with Crippen LogP contribution >= 0.6 is 0 Å². The number of benzene rings is 2. The predicted octanol–water partition coefficient (Wildman–Crippen LogP) is 3.90. The largest absolute Gasteiger partial charge is 0.341 e.